The van der Waals surface area contributed by atoms with E-state index < -0.39 is 6.04 Å². The van der Waals surface area contributed by atoms with Crippen LogP contribution in [0, 0.1) is 0 Å². The summed E-state index contributed by atoms with van der Waals surface area (Å²) in [7, 11) is 4.18. The molecule has 0 saturated carbocycles. The Bertz CT molecular complexity index is 1580. The summed E-state index contributed by atoms with van der Waals surface area (Å²) in [4.78, 5) is 31.0. The molecule has 2 aliphatic heterocycles. The summed E-state index contributed by atoms with van der Waals surface area (Å²) in [5.74, 6) is -0.184. The molecule has 2 aliphatic rings. The molecule has 0 radical (unpaired) electrons. The molecular formula is C33H34N6O2. The predicted octanol–water partition coefficient (Wildman–Crippen LogP) is 4.74. The minimum atomic E-state index is -0.705. The maximum absolute atomic E-state index is 13.7. The second-order valence-corrected chi connectivity index (χ2v) is 10.8. The van der Waals surface area contributed by atoms with Gasteiger partial charge < -0.3 is 15.2 Å². The molecule has 41 heavy (non-hydrogen) atoms. The topological polar surface area (TPSA) is 80.3 Å². The average Bonchev–Trinajstić information content (AvgIpc) is 3.35. The Morgan fingerprint density at radius 2 is 1.54 bits per heavy atom. The number of anilines is 2. The van der Waals surface area contributed by atoms with Crippen molar-refractivity contribution in [1.82, 2.24) is 15.2 Å². The van der Waals surface area contributed by atoms with Crippen LogP contribution in [-0.2, 0) is 4.79 Å². The summed E-state index contributed by atoms with van der Waals surface area (Å²) >= 11 is 0. The maximum atomic E-state index is 13.7. The number of nitrogens with one attached hydrogen (secondary N) is 2. The molecule has 8 nitrogen and oxygen atoms in total. The van der Waals surface area contributed by atoms with Crippen molar-refractivity contribution in [1.29, 1.82) is 0 Å². The van der Waals surface area contributed by atoms with Gasteiger partial charge in [0.2, 0.25) is 0 Å². The minimum Gasteiger partial charge on any atom is -0.339 e. The van der Waals surface area contributed by atoms with Crippen LogP contribution >= 0.6 is 0 Å². The first-order chi connectivity index (χ1) is 20.0. The van der Waals surface area contributed by atoms with Crippen molar-refractivity contribution in [3.05, 3.63) is 108 Å². The van der Waals surface area contributed by atoms with Crippen molar-refractivity contribution in [2.24, 2.45) is 5.10 Å². The van der Waals surface area contributed by atoms with Crippen LogP contribution in [0.3, 0.4) is 0 Å². The summed E-state index contributed by atoms with van der Waals surface area (Å²) in [5.41, 5.74) is 9.98. The third-order valence-corrected chi connectivity index (χ3v) is 7.96. The zero-order valence-electron chi connectivity index (χ0n) is 23.3. The SMILES string of the molecule is CN(C)C1CCN(C(=O)c2ccc(N3N=C(c4ccccc4)C(NNc4ccc5ccccc5c4)C3=O)cc2)CC1. The zero-order chi connectivity index (χ0) is 28.3. The minimum absolute atomic E-state index is 0.0223. The summed E-state index contributed by atoms with van der Waals surface area (Å²) < 4.78 is 0. The highest BCUT2D eigenvalue weighted by atomic mass is 16.2. The fourth-order valence-electron chi connectivity index (χ4n) is 5.54. The number of rotatable bonds is 7. The largest absolute Gasteiger partial charge is 0.339 e. The number of piperidine rings is 1. The van der Waals surface area contributed by atoms with Gasteiger partial charge in [-0.15, -0.1) is 0 Å². The van der Waals surface area contributed by atoms with E-state index in [1.807, 2.05) is 65.6 Å². The lowest BCUT2D eigenvalue weighted by molar-refractivity contribution is -0.118. The first kappa shape index (κ1) is 26.7. The van der Waals surface area contributed by atoms with Crippen LogP contribution in [0.5, 0.6) is 0 Å². The van der Waals surface area contributed by atoms with Crippen molar-refractivity contribution < 1.29 is 9.59 Å². The monoisotopic (exact) mass is 546 g/mol. The Labute approximate surface area is 240 Å². The van der Waals surface area contributed by atoms with Gasteiger partial charge in [0.05, 0.1) is 11.4 Å². The number of carbonyl (C=O) groups excluding carboxylic acids is 2. The van der Waals surface area contributed by atoms with Gasteiger partial charge in [0.1, 0.15) is 0 Å². The van der Waals surface area contributed by atoms with E-state index in [0.717, 1.165) is 48.0 Å². The van der Waals surface area contributed by atoms with Gasteiger partial charge in [0, 0.05) is 35.9 Å². The summed E-state index contributed by atoms with van der Waals surface area (Å²) in [5, 5.41) is 8.41. The first-order valence-electron chi connectivity index (χ1n) is 14.0. The van der Waals surface area contributed by atoms with E-state index in [9.17, 15) is 9.59 Å². The van der Waals surface area contributed by atoms with Crippen LogP contribution in [0.15, 0.2) is 102 Å². The Kier molecular flexibility index (Phi) is 7.50. The number of carbonyl (C=O) groups is 2. The number of benzene rings is 4. The molecule has 0 aromatic heterocycles. The second kappa shape index (κ2) is 11.5. The first-order valence-corrected chi connectivity index (χ1v) is 14.0. The molecule has 2 heterocycles. The van der Waals surface area contributed by atoms with Crippen LogP contribution in [0.1, 0.15) is 28.8 Å². The smallest absolute Gasteiger partial charge is 0.272 e. The van der Waals surface area contributed by atoms with Crippen LogP contribution < -0.4 is 15.9 Å². The molecule has 0 aliphatic carbocycles. The lowest BCUT2D eigenvalue weighted by Crippen LogP contribution is -2.46. The van der Waals surface area contributed by atoms with E-state index >= 15 is 0 Å². The molecule has 0 bridgehead atoms. The van der Waals surface area contributed by atoms with Crippen molar-refractivity contribution in [3.8, 4) is 0 Å². The molecule has 4 aromatic rings. The molecule has 208 valence electrons. The fourth-order valence-corrected chi connectivity index (χ4v) is 5.54. The van der Waals surface area contributed by atoms with Crippen molar-refractivity contribution >= 4 is 39.7 Å². The van der Waals surface area contributed by atoms with E-state index in [-0.39, 0.29) is 11.8 Å². The molecule has 2 amide bonds. The Balaban J connectivity index is 1.19. The van der Waals surface area contributed by atoms with Gasteiger partial charge >= 0.3 is 0 Å². The molecule has 1 saturated heterocycles. The zero-order valence-corrected chi connectivity index (χ0v) is 23.3. The third-order valence-electron chi connectivity index (χ3n) is 7.96. The number of hydrogen-bond acceptors (Lipinski definition) is 6. The number of hydrogen-bond donors (Lipinski definition) is 2. The van der Waals surface area contributed by atoms with Gasteiger partial charge in [-0.1, -0.05) is 60.7 Å². The van der Waals surface area contributed by atoms with E-state index in [4.69, 9.17) is 5.10 Å². The molecule has 1 unspecified atom stereocenters. The van der Waals surface area contributed by atoms with Gasteiger partial charge in [0.25, 0.3) is 11.8 Å². The van der Waals surface area contributed by atoms with Crippen molar-refractivity contribution in [2.45, 2.75) is 24.9 Å². The highest BCUT2D eigenvalue weighted by Crippen LogP contribution is 2.26. The van der Waals surface area contributed by atoms with Gasteiger partial charge in [-0.25, -0.2) is 5.43 Å². The van der Waals surface area contributed by atoms with Crippen LogP contribution in [0.25, 0.3) is 10.8 Å². The number of hydrazine groups is 1. The number of amides is 2. The van der Waals surface area contributed by atoms with Crippen molar-refractivity contribution in [3.63, 3.8) is 0 Å². The lowest BCUT2D eigenvalue weighted by Gasteiger charge is -2.35. The van der Waals surface area contributed by atoms with Gasteiger partial charge in [-0.3, -0.25) is 9.59 Å². The number of fused-ring (bicyclic) bond motifs is 1. The Morgan fingerprint density at radius 3 is 2.24 bits per heavy atom. The van der Waals surface area contributed by atoms with E-state index in [1.165, 1.54) is 5.01 Å². The van der Waals surface area contributed by atoms with Gasteiger partial charge in [0.15, 0.2) is 6.04 Å². The summed E-state index contributed by atoms with van der Waals surface area (Å²) in [6.45, 7) is 1.49. The van der Waals surface area contributed by atoms with Crippen LogP contribution in [0.2, 0.25) is 0 Å². The number of nitrogens with zero attached hydrogens (tertiary/aromatic N) is 4. The van der Waals surface area contributed by atoms with Crippen LogP contribution in [0.4, 0.5) is 11.4 Å². The average molecular weight is 547 g/mol. The normalized spacial score (nSPS) is 17.8. The van der Waals surface area contributed by atoms with Gasteiger partial charge in [-0.05, 0) is 74.1 Å². The summed E-state index contributed by atoms with van der Waals surface area (Å²) in [6, 6.07) is 30.9. The molecule has 2 N–H and O–H groups in total. The second-order valence-electron chi connectivity index (χ2n) is 10.8. The lowest BCUT2D eigenvalue weighted by atomic mass is 10.0. The van der Waals surface area contributed by atoms with Crippen LogP contribution in [-0.4, -0.2) is 66.6 Å². The Hall–Kier alpha value is -4.53. The molecule has 1 atom stereocenters. The number of hydrazone groups is 1. The Morgan fingerprint density at radius 1 is 0.854 bits per heavy atom. The highest BCUT2D eigenvalue weighted by Gasteiger charge is 2.37. The van der Waals surface area contributed by atoms with Gasteiger partial charge in [-0.2, -0.15) is 10.1 Å². The third kappa shape index (κ3) is 5.57. The summed E-state index contributed by atoms with van der Waals surface area (Å²) in [6.07, 6.45) is 1.94. The molecule has 8 heteroatoms. The highest BCUT2D eigenvalue weighted by molar-refractivity contribution is 6.24. The molecule has 4 aromatic carbocycles. The number of likely N-dealkylation sites (tertiary alicyclic amines) is 1. The van der Waals surface area contributed by atoms with E-state index in [0.29, 0.717) is 23.0 Å². The van der Waals surface area contributed by atoms with E-state index in [2.05, 4.69) is 42.0 Å². The fraction of sp³-hybridized carbons (Fsp3) is 0.242. The standard InChI is InChI=1S/C33H34N6O2/c1-37(2)28-18-20-38(21-19-28)32(40)25-13-16-29(17-14-25)39-33(41)31(30(36-39)24-9-4-3-5-10-24)35-34-27-15-12-23-8-6-7-11-26(23)22-27/h3-17,22,28,31,34-35H,18-21H2,1-2H3. The molecule has 0 spiro atoms. The quantitative estimate of drug-likeness (QED) is 0.327. The molecule has 6 rings (SSSR count). The molecular weight excluding hydrogens is 512 g/mol. The predicted molar refractivity (Wildman–Crippen MR) is 164 cm³/mol. The van der Waals surface area contributed by atoms with E-state index in [1.54, 1.807) is 24.3 Å². The maximum Gasteiger partial charge on any atom is 0.272 e. The van der Waals surface area contributed by atoms with Crippen molar-refractivity contribution in [2.75, 3.05) is 37.6 Å². The molecule has 1 fully saturated rings.